The van der Waals surface area contributed by atoms with Gasteiger partial charge in [-0.1, -0.05) is 91.0 Å². The van der Waals surface area contributed by atoms with Gasteiger partial charge in [-0.05, 0) is 70.3 Å². The van der Waals surface area contributed by atoms with Gasteiger partial charge in [0, 0.05) is 61.6 Å². The molecule has 2 aliphatic rings. The van der Waals surface area contributed by atoms with Gasteiger partial charge in [0.1, 0.15) is 7.05 Å². The highest BCUT2D eigenvalue weighted by Gasteiger charge is 2.40. The predicted octanol–water partition coefficient (Wildman–Crippen LogP) is 7.49. The van der Waals surface area contributed by atoms with E-state index in [0.29, 0.717) is 0 Å². The molecule has 3 aromatic heterocycles. The summed E-state index contributed by atoms with van der Waals surface area (Å²) in [4.78, 5) is 0. The van der Waals surface area contributed by atoms with Crippen molar-refractivity contribution in [2.45, 2.75) is 6.92 Å². The van der Waals surface area contributed by atoms with Crippen molar-refractivity contribution in [3.8, 4) is 33.8 Å². The summed E-state index contributed by atoms with van der Waals surface area (Å²) in [6.45, 7) is 2.34. The Morgan fingerprint density at radius 2 is 1.09 bits per heavy atom. The number of para-hydroxylation sites is 4. The van der Waals surface area contributed by atoms with Crippen LogP contribution >= 0.6 is 0 Å². The Bertz CT molecular complexity index is 2690. The molecule has 0 atom stereocenters. The number of hydrogen-bond acceptors (Lipinski definition) is 0. The lowest BCUT2D eigenvalue weighted by Gasteiger charge is -2.34. The largest absolute Gasteiger partial charge is 0.310 e. The molecule has 0 bridgehead atoms. The average molecular weight is 599 g/mol. The summed E-state index contributed by atoms with van der Waals surface area (Å²) in [6, 6.07) is 49.9. The first-order valence-electron chi connectivity index (χ1n) is 16.5. The number of aryl methyl sites for hydroxylation is 2. The van der Waals surface area contributed by atoms with Gasteiger partial charge in [0.05, 0.1) is 11.0 Å². The zero-order valence-corrected chi connectivity index (χ0v) is 26.2. The van der Waals surface area contributed by atoms with Gasteiger partial charge in [0.2, 0.25) is 5.69 Å². The van der Waals surface area contributed by atoms with Crippen LogP contribution in [0.1, 0.15) is 5.56 Å². The van der Waals surface area contributed by atoms with E-state index in [1.165, 1.54) is 99.3 Å². The third-order valence-corrected chi connectivity index (χ3v) is 10.9. The molecular weight excluding hydrogens is 569 g/mol. The zero-order valence-electron chi connectivity index (χ0n) is 26.2. The molecule has 5 heterocycles. The molecule has 47 heavy (non-hydrogen) atoms. The van der Waals surface area contributed by atoms with Gasteiger partial charge in [-0.25, -0.2) is 4.57 Å². The highest BCUT2D eigenvalue weighted by Crippen LogP contribution is 2.40. The maximum atomic E-state index is 2.56. The minimum Gasteiger partial charge on any atom is -0.310 e. The maximum Gasteiger partial charge on any atom is 0.252 e. The summed E-state index contributed by atoms with van der Waals surface area (Å²) >= 11 is 0. The second kappa shape index (κ2) is 8.89. The molecule has 0 fully saturated rings. The first-order chi connectivity index (χ1) is 23.2. The molecule has 3 nitrogen and oxygen atoms in total. The van der Waals surface area contributed by atoms with Crippen LogP contribution in [-0.2, 0) is 7.05 Å². The van der Waals surface area contributed by atoms with E-state index >= 15 is 0 Å². The lowest BCUT2D eigenvalue weighted by Crippen LogP contribution is -2.59. The Hall–Kier alpha value is -5.87. The fourth-order valence-corrected chi connectivity index (χ4v) is 8.87. The topological polar surface area (TPSA) is 13.7 Å². The van der Waals surface area contributed by atoms with Gasteiger partial charge in [-0.2, -0.15) is 0 Å². The van der Waals surface area contributed by atoms with E-state index in [1.54, 1.807) is 0 Å². The Kier molecular flexibility index (Phi) is 4.80. The molecule has 4 heteroatoms. The van der Waals surface area contributed by atoms with Crippen LogP contribution in [0.5, 0.6) is 0 Å². The third-order valence-electron chi connectivity index (χ3n) is 10.9. The highest BCUT2D eigenvalue weighted by atomic mass is 15.0. The third kappa shape index (κ3) is 3.15. The quantitative estimate of drug-likeness (QED) is 0.145. The Morgan fingerprint density at radius 3 is 1.70 bits per heavy atom. The fourth-order valence-electron chi connectivity index (χ4n) is 8.87. The summed E-state index contributed by atoms with van der Waals surface area (Å²) in [5.41, 5.74) is 18.1. The fraction of sp³-hybridized carbons (Fsp3) is 0.0465. The summed E-state index contributed by atoms with van der Waals surface area (Å²) in [5, 5.41) is 5.25. The molecule has 0 saturated heterocycles. The molecule has 0 unspecified atom stereocenters. The molecule has 6 aromatic carbocycles. The number of fused-ring (bicyclic) bond motifs is 10. The van der Waals surface area contributed by atoms with Crippen LogP contribution in [0.25, 0.3) is 77.4 Å². The molecule has 0 N–H and O–H groups in total. The number of aromatic nitrogens is 3. The molecule has 0 amide bonds. The molecule has 2 aliphatic heterocycles. The summed E-state index contributed by atoms with van der Waals surface area (Å²) in [7, 11) is 2.14. The first kappa shape index (κ1) is 25.3. The standard InChI is InChI=1S/C43H29BN3/c1-26-11-3-4-12-29(26)38-23-27(21-22-45(38)2)28-24-39-41-40(25-28)47-37-20-8-6-14-31(37)33-16-10-18-35(43(33)47)44(41)34-17-9-15-32-30-13-5-7-19-36(30)46(39)42(32)34/h3-25H,1-2H3/q+1. The van der Waals surface area contributed by atoms with E-state index in [2.05, 4.69) is 167 Å². The van der Waals surface area contributed by atoms with Crippen molar-refractivity contribution >= 4 is 66.7 Å². The van der Waals surface area contributed by atoms with Crippen LogP contribution in [-0.4, -0.2) is 15.8 Å². The predicted molar refractivity (Wildman–Crippen MR) is 197 cm³/mol. The zero-order chi connectivity index (χ0) is 31.0. The monoisotopic (exact) mass is 598 g/mol. The number of nitrogens with zero attached hydrogens (tertiary/aromatic N) is 3. The van der Waals surface area contributed by atoms with Crippen LogP contribution < -0.4 is 21.0 Å². The molecule has 0 radical (unpaired) electrons. The van der Waals surface area contributed by atoms with Gasteiger partial charge >= 0.3 is 0 Å². The highest BCUT2D eigenvalue weighted by molar-refractivity contribution is 7.00. The van der Waals surface area contributed by atoms with Crippen molar-refractivity contribution in [3.63, 3.8) is 0 Å². The first-order valence-corrected chi connectivity index (χ1v) is 16.5. The van der Waals surface area contributed by atoms with Crippen molar-refractivity contribution < 1.29 is 4.57 Å². The number of pyridine rings is 1. The van der Waals surface area contributed by atoms with E-state index in [4.69, 9.17) is 0 Å². The van der Waals surface area contributed by atoms with Gasteiger partial charge in [0.25, 0.3) is 6.71 Å². The van der Waals surface area contributed by atoms with Crippen molar-refractivity contribution in [3.05, 3.63) is 145 Å². The lowest BCUT2D eigenvalue weighted by atomic mass is 9.34. The average Bonchev–Trinajstić information content (AvgIpc) is 3.63. The Balaban J connectivity index is 1.32. The molecule has 9 aromatic rings. The lowest BCUT2D eigenvalue weighted by molar-refractivity contribution is -0.660. The molecule has 0 saturated carbocycles. The Labute approximate surface area is 272 Å². The number of rotatable bonds is 2. The summed E-state index contributed by atoms with van der Waals surface area (Å²) in [5.74, 6) is 0. The molecular formula is C43H29BN3+. The van der Waals surface area contributed by atoms with Crippen LogP contribution in [0.2, 0.25) is 0 Å². The molecule has 218 valence electrons. The van der Waals surface area contributed by atoms with Gasteiger partial charge in [-0.3, -0.25) is 0 Å². The van der Waals surface area contributed by atoms with E-state index in [9.17, 15) is 0 Å². The normalized spacial score (nSPS) is 12.9. The second-order valence-corrected chi connectivity index (χ2v) is 13.3. The molecule has 0 aliphatic carbocycles. The minimum absolute atomic E-state index is 0.145. The summed E-state index contributed by atoms with van der Waals surface area (Å²) in [6.07, 6.45) is 2.21. The van der Waals surface area contributed by atoms with E-state index in [1.807, 2.05) is 0 Å². The number of hydrogen-bond donors (Lipinski definition) is 0. The van der Waals surface area contributed by atoms with Crippen molar-refractivity contribution in [1.29, 1.82) is 0 Å². The molecule has 0 spiro atoms. The van der Waals surface area contributed by atoms with E-state index < -0.39 is 0 Å². The molecule has 11 rings (SSSR count). The Morgan fingerprint density at radius 1 is 0.532 bits per heavy atom. The second-order valence-electron chi connectivity index (χ2n) is 13.3. The van der Waals surface area contributed by atoms with Crippen LogP contribution in [0.4, 0.5) is 0 Å². The smallest absolute Gasteiger partial charge is 0.252 e. The SMILES string of the molecule is Cc1ccccc1-c1cc(-c2cc3c4c(c2)-n2c5ccccc5c5cccc(c52)B4c2cccc4c5ccccc5n-3c24)cc[n+]1C. The number of benzene rings is 6. The van der Waals surface area contributed by atoms with Gasteiger partial charge < -0.3 is 9.13 Å². The minimum atomic E-state index is 0.145. The van der Waals surface area contributed by atoms with Crippen molar-refractivity contribution in [2.24, 2.45) is 7.05 Å². The van der Waals surface area contributed by atoms with Gasteiger partial charge in [-0.15, -0.1) is 0 Å². The van der Waals surface area contributed by atoms with Gasteiger partial charge in [0.15, 0.2) is 6.20 Å². The van der Waals surface area contributed by atoms with Crippen LogP contribution in [0.3, 0.4) is 0 Å². The van der Waals surface area contributed by atoms with Crippen LogP contribution in [0, 0.1) is 6.92 Å². The maximum absolute atomic E-state index is 2.56. The van der Waals surface area contributed by atoms with Crippen molar-refractivity contribution in [2.75, 3.05) is 0 Å². The van der Waals surface area contributed by atoms with E-state index in [0.717, 1.165) is 0 Å². The van der Waals surface area contributed by atoms with E-state index in [-0.39, 0.29) is 6.71 Å². The van der Waals surface area contributed by atoms with Crippen LogP contribution in [0.15, 0.2) is 140 Å². The van der Waals surface area contributed by atoms with Crippen molar-refractivity contribution in [1.82, 2.24) is 9.13 Å². The summed E-state index contributed by atoms with van der Waals surface area (Å²) < 4.78 is 7.35.